The topological polar surface area (TPSA) is 86.7 Å². The normalized spacial score (nSPS) is 24.1. The molecule has 1 aromatic rings. The molecule has 0 radical (unpaired) electrons. The van der Waals surface area contributed by atoms with Gasteiger partial charge in [-0.2, -0.15) is 4.31 Å². The second-order valence-corrected chi connectivity index (χ2v) is 8.00. The number of nitrogens with one attached hydrogen (secondary N) is 1. The summed E-state index contributed by atoms with van der Waals surface area (Å²) in [6, 6.07) is 5.91. The Morgan fingerprint density at radius 2 is 1.95 bits per heavy atom. The lowest BCUT2D eigenvalue weighted by Gasteiger charge is -2.59. The number of carbonyl (C=O) groups is 1. The lowest BCUT2D eigenvalue weighted by Crippen LogP contribution is -2.71. The number of sulfonamides is 1. The van der Waals surface area contributed by atoms with Gasteiger partial charge in [-0.15, -0.1) is 0 Å². The maximum Gasteiger partial charge on any atom is 0.404 e. The zero-order chi connectivity index (χ0) is 15.3. The maximum atomic E-state index is 12.4. The van der Waals surface area contributed by atoms with E-state index in [1.54, 1.807) is 12.1 Å². The van der Waals surface area contributed by atoms with Gasteiger partial charge in [0.05, 0.1) is 4.90 Å². The summed E-state index contributed by atoms with van der Waals surface area (Å²) >= 11 is 5.76. The van der Waals surface area contributed by atoms with Crippen LogP contribution in [-0.2, 0) is 10.0 Å². The van der Waals surface area contributed by atoms with Crippen LogP contribution >= 0.6 is 11.6 Å². The molecule has 1 aliphatic heterocycles. The number of rotatable bonds is 3. The van der Waals surface area contributed by atoms with E-state index in [0.29, 0.717) is 18.1 Å². The predicted octanol–water partition coefficient (Wildman–Crippen LogP) is 1.76. The van der Waals surface area contributed by atoms with E-state index in [4.69, 9.17) is 16.7 Å². The Kier molecular flexibility index (Phi) is 3.38. The highest BCUT2D eigenvalue weighted by Crippen LogP contribution is 2.50. The van der Waals surface area contributed by atoms with E-state index in [9.17, 15) is 13.2 Å². The molecule has 1 aromatic carbocycles. The lowest BCUT2D eigenvalue weighted by molar-refractivity contribution is -0.0440. The Labute approximate surface area is 127 Å². The summed E-state index contributed by atoms with van der Waals surface area (Å²) in [6.07, 6.45) is 0.559. The number of benzene rings is 1. The molecule has 1 atom stereocenters. The Balaban J connectivity index is 1.71. The smallest absolute Gasteiger partial charge is 0.404 e. The van der Waals surface area contributed by atoms with Crippen LogP contribution in [0, 0.1) is 5.41 Å². The Morgan fingerprint density at radius 1 is 1.33 bits per heavy atom. The van der Waals surface area contributed by atoms with E-state index in [0.717, 1.165) is 12.8 Å². The van der Waals surface area contributed by atoms with Crippen molar-refractivity contribution in [2.45, 2.75) is 23.8 Å². The van der Waals surface area contributed by atoms with E-state index in [-0.39, 0.29) is 16.4 Å². The Bertz CT molecular complexity index is 668. The van der Waals surface area contributed by atoms with Crippen molar-refractivity contribution in [1.82, 2.24) is 9.62 Å². The minimum absolute atomic E-state index is 0.147. The van der Waals surface area contributed by atoms with E-state index >= 15 is 0 Å². The lowest BCUT2D eigenvalue weighted by atomic mass is 9.60. The van der Waals surface area contributed by atoms with Gasteiger partial charge in [-0.3, -0.25) is 0 Å². The molecule has 2 N–H and O–H groups in total. The first kappa shape index (κ1) is 14.6. The van der Waals surface area contributed by atoms with Crippen LogP contribution in [0.15, 0.2) is 29.2 Å². The van der Waals surface area contributed by atoms with Gasteiger partial charge >= 0.3 is 6.09 Å². The number of hydrogen-bond acceptors (Lipinski definition) is 3. The van der Waals surface area contributed by atoms with Gasteiger partial charge < -0.3 is 10.4 Å². The minimum atomic E-state index is -3.52. The van der Waals surface area contributed by atoms with Crippen LogP contribution in [-0.4, -0.2) is 43.1 Å². The first-order chi connectivity index (χ1) is 9.83. The van der Waals surface area contributed by atoms with Gasteiger partial charge in [0, 0.05) is 29.6 Å². The highest BCUT2D eigenvalue weighted by Gasteiger charge is 2.58. The van der Waals surface area contributed by atoms with Crippen LogP contribution in [0.4, 0.5) is 4.79 Å². The zero-order valence-corrected chi connectivity index (χ0v) is 12.7. The van der Waals surface area contributed by atoms with E-state index in [1.165, 1.54) is 16.4 Å². The van der Waals surface area contributed by atoms with Crippen LogP contribution in [0.3, 0.4) is 0 Å². The highest BCUT2D eigenvalue weighted by atomic mass is 35.5. The van der Waals surface area contributed by atoms with Crippen molar-refractivity contribution in [2.75, 3.05) is 13.1 Å². The molecule has 8 heteroatoms. The van der Waals surface area contributed by atoms with Crippen LogP contribution in [0.25, 0.3) is 0 Å². The quantitative estimate of drug-likeness (QED) is 0.884. The maximum absolute atomic E-state index is 12.4. The molecule has 1 spiro atoms. The molecule has 1 heterocycles. The Morgan fingerprint density at radius 3 is 2.43 bits per heavy atom. The second kappa shape index (κ2) is 4.86. The Hall–Kier alpha value is -1.31. The minimum Gasteiger partial charge on any atom is -0.465 e. The van der Waals surface area contributed by atoms with Gasteiger partial charge in [-0.1, -0.05) is 11.6 Å². The van der Waals surface area contributed by atoms with Crippen LogP contribution in [0.2, 0.25) is 5.02 Å². The average Bonchev–Trinajstić information content (AvgIpc) is 2.33. The first-order valence-corrected chi connectivity index (χ1v) is 8.40. The highest BCUT2D eigenvalue weighted by molar-refractivity contribution is 7.89. The molecule has 0 aromatic heterocycles. The summed E-state index contributed by atoms with van der Waals surface area (Å²) in [7, 11) is -3.52. The number of hydrogen-bond donors (Lipinski definition) is 2. The summed E-state index contributed by atoms with van der Waals surface area (Å²) in [5, 5.41) is 11.7. The molecule has 1 unspecified atom stereocenters. The van der Waals surface area contributed by atoms with Crippen molar-refractivity contribution in [2.24, 2.45) is 5.41 Å². The van der Waals surface area contributed by atoms with Crippen molar-refractivity contribution < 1.29 is 18.3 Å². The fourth-order valence-electron chi connectivity index (χ4n) is 3.03. The van der Waals surface area contributed by atoms with Gasteiger partial charge in [-0.05, 0) is 37.1 Å². The number of halogens is 1. The van der Waals surface area contributed by atoms with E-state index in [1.807, 2.05) is 0 Å². The molecule has 1 amide bonds. The monoisotopic (exact) mass is 330 g/mol. The third kappa shape index (κ3) is 2.39. The molecule has 114 valence electrons. The van der Waals surface area contributed by atoms with Crippen molar-refractivity contribution >= 4 is 27.7 Å². The summed E-state index contributed by atoms with van der Waals surface area (Å²) < 4.78 is 26.3. The van der Waals surface area contributed by atoms with Crippen molar-refractivity contribution in [3.63, 3.8) is 0 Å². The van der Waals surface area contributed by atoms with Crippen LogP contribution < -0.4 is 5.32 Å². The summed E-state index contributed by atoms with van der Waals surface area (Å²) in [5.74, 6) is 0. The summed E-state index contributed by atoms with van der Waals surface area (Å²) in [6.45, 7) is 0.728. The fraction of sp³-hybridized carbons (Fsp3) is 0.462. The number of amides is 1. The van der Waals surface area contributed by atoms with Crippen molar-refractivity contribution in [3.8, 4) is 0 Å². The third-order valence-electron chi connectivity index (χ3n) is 4.40. The van der Waals surface area contributed by atoms with Gasteiger partial charge in [0.2, 0.25) is 10.0 Å². The SMILES string of the molecule is O=C(O)NC1CCC12CN(S(=O)(=O)c1ccc(Cl)cc1)C2. The molecule has 1 saturated carbocycles. The fourth-order valence-corrected chi connectivity index (χ4v) is 4.79. The van der Waals surface area contributed by atoms with Gasteiger partial charge in [0.25, 0.3) is 0 Å². The molecular formula is C13H15ClN2O4S. The van der Waals surface area contributed by atoms with Crippen LogP contribution in [0.1, 0.15) is 12.8 Å². The average molecular weight is 331 g/mol. The molecule has 2 aliphatic rings. The van der Waals surface area contributed by atoms with Crippen LogP contribution in [0.5, 0.6) is 0 Å². The van der Waals surface area contributed by atoms with Gasteiger partial charge in [-0.25, -0.2) is 13.2 Å². The van der Waals surface area contributed by atoms with Gasteiger partial charge in [0.15, 0.2) is 0 Å². The first-order valence-electron chi connectivity index (χ1n) is 6.59. The molecule has 0 bridgehead atoms. The predicted molar refractivity (Wildman–Crippen MR) is 76.8 cm³/mol. The summed E-state index contributed by atoms with van der Waals surface area (Å²) in [4.78, 5) is 10.9. The molecular weight excluding hydrogens is 316 g/mol. The van der Waals surface area contributed by atoms with Crippen molar-refractivity contribution in [3.05, 3.63) is 29.3 Å². The molecule has 1 saturated heterocycles. The van der Waals surface area contributed by atoms with Gasteiger partial charge in [0.1, 0.15) is 0 Å². The molecule has 2 fully saturated rings. The molecule has 21 heavy (non-hydrogen) atoms. The van der Waals surface area contributed by atoms with E-state index in [2.05, 4.69) is 5.32 Å². The standard InChI is InChI=1S/C13H15ClN2O4S/c14-9-1-3-10(4-2-9)21(19,20)16-7-13(8-16)6-5-11(13)15-12(17)18/h1-4,11,15H,5-8H2,(H,17,18). The summed E-state index contributed by atoms with van der Waals surface area (Å²) in [5.41, 5.74) is -0.224. The largest absolute Gasteiger partial charge is 0.465 e. The number of carboxylic acid groups (broad SMARTS) is 1. The third-order valence-corrected chi connectivity index (χ3v) is 6.46. The molecule has 6 nitrogen and oxygen atoms in total. The molecule has 3 rings (SSSR count). The zero-order valence-electron chi connectivity index (χ0n) is 11.1. The second-order valence-electron chi connectivity index (χ2n) is 5.63. The molecule has 1 aliphatic carbocycles. The number of nitrogens with zero attached hydrogens (tertiary/aromatic N) is 1. The van der Waals surface area contributed by atoms with E-state index < -0.39 is 16.1 Å². The van der Waals surface area contributed by atoms with Crippen molar-refractivity contribution in [1.29, 1.82) is 0 Å².